The predicted molar refractivity (Wildman–Crippen MR) is 117 cm³/mol. The summed E-state index contributed by atoms with van der Waals surface area (Å²) >= 11 is 0. The number of nitrogens with one attached hydrogen (secondary N) is 1. The molecule has 152 valence electrons. The zero-order valence-corrected chi connectivity index (χ0v) is 17.8. The van der Waals surface area contributed by atoms with E-state index in [9.17, 15) is 9.59 Å². The fourth-order valence-corrected chi connectivity index (χ4v) is 3.59. The smallest absolute Gasteiger partial charge is 0.275 e. The van der Waals surface area contributed by atoms with Crippen molar-refractivity contribution in [3.63, 3.8) is 0 Å². The van der Waals surface area contributed by atoms with E-state index < -0.39 is 0 Å². The van der Waals surface area contributed by atoms with Crippen LogP contribution in [0.15, 0.2) is 53.3 Å². The third-order valence-electron chi connectivity index (χ3n) is 5.29. The molecule has 0 fully saturated rings. The molecule has 5 nitrogen and oxygen atoms in total. The molecule has 3 rings (SSSR count). The Kier molecular flexibility index (Phi) is 6.16. The molecule has 0 radical (unpaired) electrons. The summed E-state index contributed by atoms with van der Waals surface area (Å²) < 4.78 is 1.26. The van der Waals surface area contributed by atoms with Crippen molar-refractivity contribution in [1.82, 2.24) is 15.1 Å². The number of carbonyl (C=O) groups is 1. The molecule has 0 aliphatic rings. The van der Waals surface area contributed by atoms with E-state index in [1.807, 2.05) is 25.1 Å². The number of nitrogens with zero attached hydrogens (tertiary/aromatic N) is 2. The lowest BCUT2D eigenvalue weighted by Gasteiger charge is -2.23. The van der Waals surface area contributed by atoms with Crippen LogP contribution >= 0.6 is 0 Å². The Labute approximate surface area is 171 Å². The van der Waals surface area contributed by atoms with Crippen LogP contribution in [0.1, 0.15) is 56.5 Å². The van der Waals surface area contributed by atoms with Crippen molar-refractivity contribution in [3.8, 4) is 0 Å². The molecule has 5 heteroatoms. The lowest BCUT2D eigenvalue weighted by molar-refractivity contribution is -0.123. The normalized spacial score (nSPS) is 12.5. The van der Waals surface area contributed by atoms with Gasteiger partial charge in [0.25, 0.3) is 5.56 Å². The van der Waals surface area contributed by atoms with E-state index in [1.165, 1.54) is 10.2 Å². The Balaban J connectivity index is 1.82. The van der Waals surface area contributed by atoms with Crippen molar-refractivity contribution < 1.29 is 4.79 Å². The Morgan fingerprint density at radius 3 is 2.14 bits per heavy atom. The van der Waals surface area contributed by atoms with E-state index in [2.05, 4.69) is 62.4 Å². The molecule has 0 aliphatic carbocycles. The predicted octanol–water partition coefficient (Wildman–Crippen LogP) is 4.34. The minimum atomic E-state index is -0.247. The molecule has 0 saturated heterocycles. The van der Waals surface area contributed by atoms with E-state index in [-0.39, 0.29) is 30.0 Å². The Morgan fingerprint density at radius 1 is 0.966 bits per heavy atom. The first-order chi connectivity index (χ1) is 13.8. The highest BCUT2D eigenvalue weighted by atomic mass is 16.2. The maximum atomic E-state index is 12.8. The number of fused-ring (bicyclic) bond motifs is 1. The van der Waals surface area contributed by atoms with Gasteiger partial charge in [0.15, 0.2) is 0 Å². The number of hydrogen-bond donors (Lipinski definition) is 1. The Morgan fingerprint density at radius 2 is 1.55 bits per heavy atom. The van der Waals surface area contributed by atoms with Crippen LogP contribution in [0.5, 0.6) is 0 Å². The van der Waals surface area contributed by atoms with Crippen LogP contribution in [0.2, 0.25) is 0 Å². The first-order valence-electron chi connectivity index (χ1n) is 10.1. The van der Waals surface area contributed by atoms with Gasteiger partial charge >= 0.3 is 0 Å². The van der Waals surface area contributed by atoms with Gasteiger partial charge in [-0.15, -0.1) is 0 Å². The molecule has 0 spiro atoms. The highest BCUT2D eigenvalue weighted by Gasteiger charge is 2.20. The molecule has 0 bridgehead atoms. The van der Waals surface area contributed by atoms with E-state index in [4.69, 9.17) is 0 Å². The second kappa shape index (κ2) is 8.60. The highest BCUT2D eigenvalue weighted by Crippen LogP contribution is 2.24. The first kappa shape index (κ1) is 20.8. The lowest BCUT2D eigenvalue weighted by Crippen LogP contribution is -2.37. The van der Waals surface area contributed by atoms with Crippen LogP contribution in [0.3, 0.4) is 0 Å². The highest BCUT2D eigenvalue weighted by molar-refractivity contribution is 5.83. The Bertz CT molecular complexity index is 1070. The van der Waals surface area contributed by atoms with E-state index in [0.29, 0.717) is 11.3 Å². The van der Waals surface area contributed by atoms with E-state index >= 15 is 0 Å². The van der Waals surface area contributed by atoms with Crippen molar-refractivity contribution in [2.75, 3.05) is 0 Å². The third kappa shape index (κ3) is 4.56. The van der Waals surface area contributed by atoms with Crippen LogP contribution in [0.4, 0.5) is 0 Å². The molecule has 1 unspecified atom stereocenters. The first-order valence-corrected chi connectivity index (χ1v) is 10.1. The van der Waals surface area contributed by atoms with Crippen molar-refractivity contribution in [2.45, 2.75) is 53.1 Å². The van der Waals surface area contributed by atoms with Gasteiger partial charge < -0.3 is 5.32 Å². The quantitative estimate of drug-likeness (QED) is 0.680. The summed E-state index contributed by atoms with van der Waals surface area (Å²) in [5, 5.41) is 8.83. The number of amides is 1. The fraction of sp³-hybridized carbons (Fsp3) is 0.375. The number of benzene rings is 2. The molecule has 0 aliphatic heterocycles. The van der Waals surface area contributed by atoms with Gasteiger partial charge in [-0.1, -0.05) is 70.2 Å². The van der Waals surface area contributed by atoms with Crippen LogP contribution in [-0.2, 0) is 11.3 Å². The van der Waals surface area contributed by atoms with Crippen LogP contribution in [-0.4, -0.2) is 15.7 Å². The minimum absolute atomic E-state index is 0.0994. The number of rotatable bonds is 6. The molecule has 1 aromatic heterocycles. The van der Waals surface area contributed by atoms with Crippen molar-refractivity contribution in [2.24, 2.45) is 5.92 Å². The zero-order chi connectivity index (χ0) is 21.1. The standard InChI is InChI=1S/C24H29N3O2/c1-15(2)18-10-12-19(13-11-18)23(16(3)4)25-22(28)14-27-24(29)21-9-7-6-8-20(21)17(5)26-27/h6-13,15-16,23H,14H2,1-5H3,(H,25,28). The number of aryl methyl sites for hydroxylation is 1. The zero-order valence-electron chi connectivity index (χ0n) is 17.8. The summed E-state index contributed by atoms with van der Waals surface area (Å²) in [6, 6.07) is 15.6. The molecule has 29 heavy (non-hydrogen) atoms. The second-order valence-electron chi connectivity index (χ2n) is 8.20. The van der Waals surface area contributed by atoms with Gasteiger partial charge in [-0.25, -0.2) is 4.68 Å². The summed E-state index contributed by atoms with van der Waals surface area (Å²) in [7, 11) is 0. The molecular formula is C24H29N3O2. The third-order valence-corrected chi connectivity index (χ3v) is 5.29. The molecular weight excluding hydrogens is 362 g/mol. The second-order valence-corrected chi connectivity index (χ2v) is 8.20. The molecule has 1 atom stereocenters. The summed E-state index contributed by atoms with van der Waals surface area (Å²) in [6.45, 7) is 10.2. The molecule has 1 amide bonds. The van der Waals surface area contributed by atoms with Crippen LogP contribution < -0.4 is 10.9 Å². The molecule has 2 aromatic carbocycles. The van der Waals surface area contributed by atoms with Crippen molar-refractivity contribution >= 4 is 16.7 Å². The van der Waals surface area contributed by atoms with Crippen LogP contribution in [0.25, 0.3) is 10.8 Å². The SMILES string of the molecule is Cc1nn(CC(=O)NC(c2ccc(C(C)C)cc2)C(C)C)c(=O)c2ccccc12. The fourth-order valence-electron chi connectivity index (χ4n) is 3.59. The van der Waals surface area contributed by atoms with Crippen molar-refractivity contribution in [1.29, 1.82) is 0 Å². The topological polar surface area (TPSA) is 64.0 Å². The number of carbonyl (C=O) groups excluding carboxylic acids is 1. The minimum Gasteiger partial charge on any atom is -0.347 e. The summed E-state index contributed by atoms with van der Waals surface area (Å²) in [5.41, 5.74) is 2.82. The maximum Gasteiger partial charge on any atom is 0.275 e. The van der Waals surface area contributed by atoms with Gasteiger partial charge in [0.1, 0.15) is 6.54 Å². The average molecular weight is 392 g/mol. The maximum absolute atomic E-state index is 12.8. The summed E-state index contributed by atoms with van der Waals surface area (Å²) in [4.78, 5) is 25.5. The van der Waals surface area contributed by atoms with E-state index in [0.717, 1.165) is 16.6 Å². The summed E-state index contributed by atoms with van der Waals surface area (Å²) in [6.07, 6.45) is 0. The molecule has 1 heterocycles. The summed E-state index contributed by atoms with van der Waals surface area (Å²) in [5.74, 6) is 0.457. The van der Waals surface area contributed by atoms with Gasteiger partial charge in [0.05, 0.1) is 17.1 Å². The molecule has 0 saturated carbocycles. The van der Waals surface area contributed by atoms with Gasteiger partial charge in [-0.3, -0.25) is 9.59 Å². The molecule has 1 N–H and O–H groups in total. The molecule has 3 aromatic rings. The van der Waals surface area contributed by atoms with Gasteiger partial charge in [-0.2, -0.15) is 5.10 Å². The van der Waals surface area contributed by atoms with E-state index in [1.54, 1.807) is 6.07 Å². The number of hydrogen-bond acceptors (Lipinski definition) is 3. The van der Waals surface area contributed by atoms with Gasteiger partial charge in [0, 0.05) is 5.39 Å². The Hall–Kier alpha value is -2.95. The largest absolute Gasteiger partial charge is 0.347 e. The van der Waals surface area contributed by atoms with Crippen molar-refractivity contribution in [3.05, 3.63) is 75.7 Å². The lowest BCUT2D eigenvalue weighted by atomic mass is 9.93. The van der Waals surface area contributed by atoms with Crippen LogP contribution in [0, 0.1) is 12.8 Å². The number of aromatic nitrogens is 2. The van der Waals surface area contributed by atoms with Gasteiger partial charge in [-0.05, 0) is 36.0 Å². The average Bonchev–Trinajstić information content (AvgIpc) is 2.70. The van der Waals surface area contributed by atoms with Gasteiger partial charge in [0.2, 0.25) is 5.91 Å². The monoisotopic (exact) mass is 391 g/mol.